The second-order valence-corrected chi connectivity index (χ2v) is 4.61. The summed E-state index contributed by atoms with van der Waals surface area (Å²) >= 11 is 0. The van der Waals surface area contributed by atoms with Gasteiger partial charge < -0.3 is 5.11 Å². The number of ketones is 2. The first-order valence-electron chi connectivity index (χ1n) is 5.27. The first-order valence-corrected chi connectivity index (χ1v) is 5.27. The molecule has 0 heterocycles. The van der Waals surface area contributed by atoms with Gasteiger partial charge in [-0.25, -0.2) is 0 Å². The third-order valence-electron chi connectivity index (χ3n) is 3.38. The van der Waals surface area contributed by atoms with Crippen molar-refractivity contribution in [1.29, 1.82) is 0 Å². The van der Waals surface area contributed by atoms with E-state index in [9.17, 15) is 14.7 Å². The van der Waals surface area contributed by atoms with Gasteiger partial charge in [-0.1, -0.05) is 24.6 Å². The molecule has 0 fully saturated rings. The highest BCUT2D eigenvalue weighted by molar-refractivity contribution is 6.18. The molecule has 0 bridgehead atoms. The van der Waals surface area contributed by atoms with Crippen LogP contribution < -0.4 is 0 Å². The summed E-state index contributed by atoms with van der Waals surface area (Å²) in [6, 6.07) is 5.10. The maximum atomic E-state index is 12.0. The van der Waals surface area contributed by atoms with Gasteiger partial charge >= 0.3 is 0 Å². The lowest BCUT2D eigenvalue weighted by molar-refractivity contribution is 0.0115. The smallest absolute Gasteiger partial charge is 0.195 e. The van der Waals surface area contributed by atoms with Crippen molar-refractivity contribution in [1.82, 2.24) is 0 Å². The van der Waals surface area contributed by atoms with Crippen molar-refractivity contribution in [3.63, 3.8) is 0 Å². The summed E-state index contributed by atoms with van der Waals surface area (Å²) in [5, 5.41) is 10.0. The van der Waals surface area contributed by atoms with Gasteiger partial charge in [0, 0.05) is 11.1 Å². The van der Waals surface area contributed by atoms with Gasteiger partial charge in [-0.05, 0) is 19.9 Å². The van der Waals surface area contributed by atoms with Gasteiger partial charge in [-0.2, -0.15) is 0 Å². The zero-order valence-corrected chi connectivity index (χ0v) is 9.57. The molecule has 0 aliphatic heterocycles. The Labute approximate surface area is 94.1 Å². The van der Waals surface area contributed by atoms with Gasteiger partial charge in [0.2, 0.25) is 0 Å². The van der Waals surface area contributed by atoms with E-state index in [0.29, 0.717) is 11.1 Å². The largest absolute Gasteiger partial charge is 0.381 e. The zero-order chi connectivity index (χ0) is 12.1. The predicted octanol–water partition coefficient (Wildman–Crippen LogP) is 1.76. The molecule has 1 aliphatic rings. The minimum absolute atomic E-state index is 0.164. The van der Waals surface area contributed by atoms with E-state index in [2.05, 4.69) is 0 Å². The minimum Gasteiger partial charge on any atom is -0.381 e. The Bertz CT molecular complexity index is 486. The fourth-order valence-corrected chi connectivity index (χ4v) is 2.02. The standard InChI is InChI=1S/C13H14O3/c1-7-4-5-9-10(6-7)11(14)8(2)13(3,16)12(9)15/h4-6,8,16H,1-3H3/t8-,13-/m1/s1. The highest BCUT2D eigenvalue weighted by Crippen LogP contribution is 2.33. The number of aryl methyl sites for hydroxylation is 1. The normalized spacial score (nSPS) is 29.1. The van der Waals surface area contributed by atoms with Gasteiger partial charge in [0.1, 0.15) is 5.60 Å². The summed E-state index contributed by atoms with van der Waals surface area (Å²) in [4.78, 5) is 24.0. The molecule has 1 aromatic rings. The molecule has 3 heteroatoms. The van der Waals surface area contributed by atoms with Gasteiger partial charge in [0.25, 0.3) is 0 Å². The molecule has 0 aromatic heterocycles. The monoisotopic (exact) mass is 218 g/mol. The number of Topliss-reactive ketones (excluding diaryl/α,β-unsaturated/α-hetero) is 2. The van der Waals surface area contributed by atoms with E-state index in [1.807, 2.05) is 6.92 Å². The van der Waals surface area contributed by atoms with Crippen molar-refractivity contribution in [2.45, 2.75) is 26.4 Å². The lowest BCUT2D eigenvalue weighted by Crippen LogP contribution is -2.49. The molecular weight excluding hydrogens is 204 g/mol. The minimum atomic E-state index is -1.58. The number of carbonyl (C=O) groups is 2. The fraction of sp³-hybridized carbons (Fsp3) is 0.385. The van der Waals surface area contributed by atoms with E-state index in [1.54, 1.807) is 25.1 Å². The van der Waals surface area contributed by atoms with Crippen molar-refractivity contribution in [2.75, 3.05) is 0 Å². The summed E-state index contributed by atoms with van der Waals surface area (Å²) in [6.45, 7) is 4.86. The average molecular weight is 218 g/mol. The summed E-state index contributed by atoms with van der Waals surface area (Å²) < 4.78 is 0. The number of hydrogen-bond acceptors (Lipinski definition) is 3. The molecule has 0 spiro atoms. The van der Waals surface area contributed by atoms with Crippen molar-refractivity contribution < 1.29 is 14.7 Å². The molecule has 0 saturated carbocycles. The van der Waals surface area contributed by atoms with E-state index in [0.717, 1.165) is 5.56 Å². The first kappa shape index (κ1) is 11.0. The quantitative estimate of drug-likeness (QED) is 0.722. The zero-order valence-electron chi connectivity index (χ0n) is 9.57. The lowest BCUT2D eigenvalue weighted by atomic mass is 9.72. The van der Waals surface area contributed by atoms with Crippen LogP contribution in [0.3, 0.4) is 0 Å². The topological polar surface area (TPSA) is 54.4 Å². The molecule has 84 valence electrons. The van der Waals surface area contributed by atoms with Crippen LogP contribution in [0.1, 0.15) is 40.1 Å². The second kappa shape index (κ2) is 3.25. The number of fused-ring (bicyclic) bond motifs is 1. The second-order valence-electron chi connectivity index (χ2n) is 4.61. The van der Waals surface area contributed by atoms with Crippen molar-refractivity contribution in [2.24, 2.45) is 5.92 Å². The highest BCUT2D eigenvalue weighted by Gasteiger charge is 2.46. The lowest BCUT2D eigenvalue weighted by Gasteiger charge is -2.33. The molecule has 1 aliphatic carbocycles. The summed E-state index contributed by atoms with van der Waals surface area (Å²) in [5.74, 6) is -1.22. The van der Waals surface area contributed by atoms with Crippen LogP contribution in [-0.2, 0) is 0 Å². The molecule has 2 rings (SSSR count). The Morgan fingerprint density at radius 3 is 2.50 bits per heavy atom. The van der Waals surface area contributed by atoms with Crippen molar-refractivity contribution in [3.8, 4) is 0 Å². The number of hydrogen-bond donors (Lipinski definition) is 1. The Morgan fingerprint density at radius 2 is 1.88 bits per heavy atom. The van der Waals surface area contributed by atoms with E-state index in [-0.39, 0.29) is 11.6 Å². The summed E-state index contributed by atoms with van der Waals surface area (Å²) in [7, 11) is 0. The van der Waals surface area contributed by atoms with Crippen LogP contribution in [0, 0.1) is 12.8 Å². The number of carbonyl (C=O) groups excluding carboxylic acids is 2. The Balaban J connectivity index is 2.69. The van der Waals surface area contributed by atoms with E-state index >= 15 is 0 Å². The average Bonchev–Trinajstić information content (AvgIpc) is 2.24. The van der Waals surface area contributed by atoms with Crippen LogP contribution in [0.25, 0.3) is 0 Å². The SMILES string of the molecule is Cc1ccc2c(c1)C(=O)[C@@H](C)[C@@](C)(O)C2=O. The van der Waals surface area contributed by atoms with Gasteiger partial charge in [-0.15, -0.1) is 0 Å². The molecule has 3 nitrogen and oxygen atoms in total. The maximum Gasteiger partial charge on any atom is 0.195 e. The summed E-state index contributed by atoms with van der Waals surface area (Å²) in [6.07, 6.45) is 0. The predicted molar refractivity (Wildman–Crippen MR) is 59.6 cm³/mol. The number of rotatable bonds is 0. The number of benzene rings is 1. The van der Waals surface area contributed by atoms with Crippen LogP contribution in [0.2, 0.25) is 0 Å². The fourth-order valence-electron chi connectivity index (χ4n) is 2.02. The third kappa shape index (κ3) is 1.32. The van der Waals surface area contributed by atoms with Crippen LogP contribution in [-0.4, -0.2) is 22.3 Å². The molecule has 16 heavy (non-hydrogen) atoms. The Morgan fingerprint density at radius 1 is 1.25 bits per heavy atom. The third-order valence-corrected chi connectivity index (χ3v) is 3.38. The van der Waals surface area contributed by atoms with Gasteiger partial charge in [0.15, 0.2) is 11.6 Å². The van der Waals surface area contributed by atoms with Crippen molar-refractivity contribution >= 4 is 11.6 Å². The van der Waals surface area contributed by atoms with Crippen LogP contribution in [0.5, 0.6) is 0 Å². The van der Waals surface area contributed by atoms with E-state index < -0.39 is 11.5 Å². The maximum absolute atomic E-state index is 12.0. The van der Waals surface area contributed by atoms with E-state index in [4.69, 9.17) is 0 Å². The first-order chi connectivity index (χ1) is 7.35. The molecule has 0 amide bonds. The molecule has 0 unspecified atom stereocenters. The molecule has 0 radical (unpaired) electrons. The summed E-state index contributed by atoms with van der Waals surface area (Å²) in [5.41, 5.74) is 0.121. The van der Waals surface area contributed by atoms with Crippen molar-refractivity contribution in [3.05, 3.63) is 34.9 Å². The van der Waals surface area contributed by atoms with Crippen LogP contribution in [0.4, 0.5) is 0 Å². The molecular formula is C13H14O3. The Kier molecular flexibility index (Phi) is 2.24. The molecule has 0 saturated heterocycles. The van der Waals surface area contributed by atoms with Crippen LogP contribution >= 0.6 is 0 Å². The molecule has 1 N–H and O–H groups in total. The molecule has 1 aromatic carbocycles. The Hall–Kier alpha value is -1.48. The van der Waals surface area contributed by atoms with E-state index in [1.165, 1.54) is 6.92 Å². The highest BCUT2D eigenvalue weighted by atomic mass is 16.3. The van der Waals surface area contributed by atoms with Gasteiger partial charge in [-0.3, -0.25) is 9.59 Å². The molecule has 2 atom stereocenters. The van der Waals surface area contributed by atoms with Gasteiger partial charge in [0.05, 0.1) is 5.92 Å². The number of aliphatic hydroxyl groups is 1. The van der Waals surface area contributed by atoms with Crippen LogP contribution in [0.15, 0.2) is 18.2 Å².